The number of ether oxygens (including phenoxy) is 2. The summed E-state index contributed by atoms with van der Waals surface area (Å²) < 4.78 is 10.2. The standard InChI is InChI=1S/C11H15O2/c1-8-6-5-7-10(9(8)2)11(12-3)13-4/h5-7H,1-4H3. The predicted molar refractivity (Wildman–Crippen MR) is 52.3 cm³/mol. The normalized spacial score (nSPS) is 10.8. The topological polar surface area (TPSA) is 18.5 Å². The minimum Gasteiger partial charge on any atom is -0.345 e. The fourth-order valence-corrected chi connectivity index (χ4v) is 1.28. The fourth-order valence-electron chi connectivity index (χ4n) is 1.28. The molecular formula is C11H15O2. The van der Waals surface area contributed by atoms with E-state index < -0.39 is 0 Å². The Hall–Kier alpha value is -0.860. The molecule has 0 N–H and O–H groups in total. The maximum atomic E-state index is 5.12. The van der Waals surface area contributed by atoms with Gasteiger partial charge in [0.2, 0.25) is 0 Å². The summed E-state index contributed by atoms with van der Waals surface area (Å²) in [5.74, 6) is 0. The average Bonchev–Trinajstić information content (AvgIpc) is 2.14. The average molecular weight is 179 g/mol. The lowest BCUT2D eigenvalue weighted by Crippen LogP contribution is -2.07. The van der Waals surface area contributed by atoms with Crippen LogP contribution in [0.25, 0.3) is 0 Å². The van der Waals surface area contributed by atoms with E-state index in [9.17, 15) is 0 Å². The van der Waals surface area contributed by atoms with Crippen molar-refractivity contribution < 1.29 is 9.47 Å². The number of hydrogen-bond acceptors (Lipinski definition) is 2. The molecule has 71 valence electrons. The van der Waals surface area contributed by atoms with Crippen LogP contribution in [0, 0.1) is 20.1 Å². The second kappa shape index (κ2) is 4.40. The Morgan fingerprint density at radius 3 is 2.23 bits per heavy atom. The summed E-state index contributed by atoms with van der Waals surface area (Å²) in [5, 5.41) is 0. The van der Waals surface area contributed by atoms with Crippen molar-refractivity contribution in [1.29, 1.82) is 0 Å². The molecule has 0 saturated carbocycles. The van der Waals surface area contributed by atoms with Crippen LogP contribution in [-0.2, 0) is 9.47 Å². The first-order chi connectivity index (χ1) is 6.20. The molecule has 1 aromatic carbocycles. The van der Waals surface area contributed by atoms with Gasteiger partial charge in [-0.05, 0) is 25.0 Å². The smallest absolute Gasteiger partial charge is 0.255 e. The van der Waals surface area contributed by atoms with Crippen molar-refractivity contribution >= 4 is 0 Å². The predicted octanol–water partition coefficient (Wildman–Crippen LogP) is 2.43. The fraction of sp³-hybridized carbons (Fsp3) is 0.364. The molecule has 2 nitrogen and oxygen atoms in total. The van der Waals surface area contributed by atoms with Gasteiger partial charge >= 0.3 is 0 Å². The maximum absolute atomic E-state index is 5.12. The van der Waals surface area contributed by atoms with Crippen molar-refractivity contribution in [1.82, 2.24) is 0 Å². The molecular weight excluding hydrogens is 164 g/mol. The summed E-state index contributed by atoms with van der Waals surface area (Å²) in [4.78, 5) is 0. The van der Waals surface area contributed by atoms with Gasteiger partial charge in [-0.3, -0.25) is 0 Å². The Labute approximate surface area is 79.5 Å². The van der Waals surface area contributed by atoms with Crippen molar-refractivity contribution in [3.63, 3.8) is 0 Å². The summed E-state index contributed by atoms with van der Waals surface area (Å²) >= 11 is 0. The van der Waals surface area contributed by atoms with Crippen LogP contribution in [-0.4, -0.2) is 14.2 Å². The summed E-state index contributed by atoms with van der Waals surface area (Å²) in [6.07, 6.45) is 0.571. The van der Waals surface area contributed by atoms with Gasteiger partial charge in [0.25, 0.3) is 6.29 Å². The van der Waals surface area contributed by atoms with E-state index in [-0.39, 0.29) is 0 Å². The van der Waals surface area contributed by atoms with Crippen molar-refractivity contribution in [3.05, 3.63) is 41.2 Å². The van der Waals surface area contributed by atoms with E-state index in [0.29, 0.717) is 6.29 Å². The molecule has 0 aliphatic heterocycles. The number of aryl methyl sites for hydroxylation is 1. The first-order valence-corrected chi connectivity index (χ1v) is 4.22. The Morgan fingerprint density at radius 2 is 1.69 bits per heavy atom. The van der Waals surface area contributed by atoms with Crippen molar-refractivity contribution in [2.45, 2.75) is 13.8 Å². The van der Waals surface area contributed by atoms with E-state index in [0.717, 1.165) is 5.56 Å². The van der Waals surface area contributed by atoms with Gasteiger partial charge in [-0.2, -0.15) is 0 Å². The number of benzene rings is 1. The van der Waals surface area contributed by atoms with Crippen LogP contribution >= 0.6 is 0 Å². The molecule has 0 aliphatic rings. The second-order valence-corrected chi connectivity index (χ2v) is 2.94. The zero-order valence-electron chi connectivity index (χ0n) is 8.55. The lowest BCUT2D eigenvalue weighted by Gasteiger charge is -2.15. The van der Waals surface area contributed by atoms with Gasteiger partial charge in [0.05, 0.1) is 0 Å². The van der Waals surface area contributed by atoms with E-state index in [4.69, 9.17) is 9.47 Å². The van der Waals surface area contributed by atoms with Gasteiger partial charge in [0.15, 0.2) is 0 Å². The zero-order chi connectivity index (χ0) is 9.84. The van der Waals surface area contributed by atoms with Gasteiger partial charge in [-0.1, -0.05) is 18.2 Å². The second-order valence-electron chi connectivity index (χ2n) is 2.94. The molecule has 0 fully saturated rings. The van der Waals surface area contributed by atoms with E-state index in [1.165, 1.54) is 11.1 Å². The highest BCUT2D eigenvalue weighted by atomic mass is 16.7. The quantitative estimate of drug-likeness (QED) is 0.709. The molecule has 0 heterocycles. The number of methoxy groups -OCH3 is 2. The van der Waals surface area contributed by atoms with E-state index >= 15 is 0 Å². The van der Waals surface area contributed by atoms with Gasteiger partial charge in [-0.25, -0.2) is 0 Å². The van der Waals surface area contributed by atoms with Crippen LogP contribution < -0.4 is 0 Å². The van der Waals surface area contributed by atoms with Crippen LogP contribution in [0.4, 0.5) is 0 Å². The molecule has 0 unspecified atom stereocenters. The summed E-state index contributed by atoms with van der Waals surface area (Å²) in [6, 6.07) is 6.06. The summed E-state index contributed by atoms with van der Waals surface area (Å²) in [6.45, 7) is 4.13. The molecule has 1 radical (unpaired) electrons. The molecule has 1 rings (SSSR count). The molecule has 0 spiro atoms. The maximum Gasteiger partial charge on any atom is 0.255 e. The highest BCUT2D eigenvalue weighted by Crippen LogP contribution is 2.22. The third-order valence-electron chi connectivity index (χ3n) is 2.20. The summed E-state index contributed by atoms with van der Waals surface area (Å²) in [7, 11) is 3.22. The molecule has 0 saturated heterocycles. The lowest BCUT2D eigenvalue weighted by molar-refractivity contribution is 0.0265. The monoisotopic (exact) mass is 179 g/mol. The van der Waals surface area contributed by atoms with Gasteiger partial charge in [0, 0.05) is 19.8 Å². The van der Waals surface area contributed by atoms with E-state index in [2.05, 4.69) is 19.9 Å². The summed E-state index contributed by atoms with van der Waals surface area (Å²) in [5.41, 5.74) is 3.45. The zero-order valence-corrected chi connectivity index (χ0v) is 8.55. The molecule has 0 aromatic heterocycles. The highest BCUT2D eigenvalue weighted by molar-refractivity contribution is 5.38. The largest absolute Gasteiger partial charge is 0.345 e. The molecule has 13 heavy (non-hydrogen) atoms. The number of hydrogen-bond donors (Lipinski definition) is 0. The third-order valence-corrected chi connectivity index (χ3v) is 2.20. The lowest BCUT2D eigenvalue weighted by atomic mass is 10.0. The molecule has 0 aliphatic carbocycles. The van der Waals surface area contributed by atoms with Gasteiger partial charge < -0.3 is 9.47 Å². The first kappa shape index (κ1) is 10.2. The van der Waals surface area contributed by atoms with Crippen molar-refractivity contribution in [2.75, 3.05) is 14.2 Å². The molecule has 0 atom stereocenters. The van der Waals surface area contributed by atoms with Crippen molar-refractivity contribution in [3.8, 4) is 0 Å². The Balaban J connectivity index is 3.05. The third kappa shape index (κ3) is 2.08. The van der Waals surface area contributed by atoms with Gasteiger partial charge in [0.1, 0.15) is 0 Å². The SMILES string of the molecule is CO[C](OC)c1cccc(C)c1C. The minimum atomic E-state index is 0.571. The molecule has 1 aromatic rings. The Kier molecular flexibility index (Phi) is 3.46. The minimum absolute atomic E-state index is 0.571. The van der Waals surface area contributed by atoms with Crippen LogP contribution in [0.2, 0.25) is 0 Å². The highest BCUT2D eigenvalue weighted by Gasteiger charge is 2.14. The Bertz CT molecular complexity index is 277. The molecule has 2 heteroatoms. The number of rotatable bonds is 3. The van der Waals surface area contributed by atoms with Crippen LogP contribution in [0.15, 0.2) is 18.2 Å². The van der Waals surface area contributed by atoms with Crippen LogP contribution in [0.1, 0.15) is 16.7 Å². The van der Waals surface area contributed by atoms with Crippen molar-refractivity contribution in [2.24, 2.45) is 0 Å². The van der Waals surface area contributed by atoms with Crippen LogP contribution in [0.5, 0.6) is 0 Å². The molecule has 0 bridgehead atoms. The van der Waals surface area contributed by atoms with E-state index in [1.54, 1.807) is 14.2 Å². The van der Waals surface area contributed by atoms with Gasteiger partial charge in [-0.15, -0.1) is 0 Å². The Morgan fingerprint density at radius 1 is 1.08 bits per heavy atom. The van der Waals surface area contributed by atoms with Crippen LogP contribution in [0.3, 0.4) is 0 Å². The molecule has 0 amide bonds. The first-order valence-electron chi connectivity index (χ1n) is 4.22. The van der Waals surface area contributed by atoms with E-state index in [1.807, 2.05) is 12.1 Å².